The van der Waals surface area contributed by atoms with E-state index in [4.69, 9.17) is 0 Å². The summed E-state index contributed by atoms with van der Waals surface area (Å²) >= 11 is 0. The van der Waals surface area contributed by atoms with Crippen molar-refractivity contribution < 1.29 is 18.0 Å². The van der Waals surface area contributed by atoms with Gasteiger partial charge in [-0.2, -0.15) is 13.2 Å². The lowest BCUT2D eigenvalue weighted by molar-refractivity contribution is -0.132. The lowest BCUT2D eigenvalue weighted by atomic mass is 9.85. The molecule has 140 valence electrons. The molecule has 0 radical (unpaired) electrons. The predicted octanol–water partition coefficient (Wildman–Crippen LogP) is 2.58. The second-order valence-corrected chi connectivity index (χ2v) is 6.49. The van der Waals surface area contributed by atoms with Crippen molar-refractivity contribution in [1.29, 1.82) is 0 Å². The third-order valence-electron chi connectivity index (χ3n) is 3.83. The van der Waals surface area contributed by atoms with Gasteiger partial charge in [0.05, 0.1) is 13.0 Å². The topological polar surface area (TPSA) is 65.5 Å². The number of aliphatic imine (C=N–C) groups is 1. The second-order valence-electron chi connectivity index (χ2n) is 6.49. The zero-order chi connectivity index (χ0) is 18.2. The van der Waals surface area contributed by atoms with E-state index in [-0.39, 0.29) is 30.5 Å². The van der Waals surface area contributed by atoms with E-state index < -0.39 is 12.6 Å². The van der Waals surface area contributed by atoms with Gasteiger partial charge in [-0.3, -0.25) is 9.79 Å². The fourth-order valence-corrected chi connectivity index (χ4v) is 2.77. The Balaban J connectivity index is 2.56. The average molecular weight is 350 g/mol. The molecule has 1 saturated carbocycles. The Labute approximate surface area is 141 Å². The Morgan fingerprint density at radius 3 is 2.58 bits per heavy atom. The van der Waals surface area contributed by atoms with E-state index in [1.54, 1.807) is 0 Å². The third-order valence-corrected chi connectivity index (χ3v) is 3.83. The summed E-state index contributed by atoms with van der Waals surface area (Å²) in [5.41, 5.74) is 0. The summed E-state index contributed by atoms with van der Waals surface area (Å²) in [6.45, 7) is 5.98. The molecular weight excluding hydrogens is 321 g/mol. The summed E-state index contributed by atoms with van der Waals surface area (Å²) in [4.78, 5) is 16.1. The Hall–Kier alpha value is -1.47. The van der Waals surface area contributed by atoms with Gasteiger partial charge in [-0.15, -0.1) is 0 Å². The number of halogens is 3. The number of carbonyl (C=O) groups is 1. The summed E-state index contributed by atoms with van der Waals surface area (Å²) in [6.07, 6.45) is -1.83. The van der Waals surface area contributed by atoms with E-state index in [0.29, 0.717) is 18.9 Å². The van der Waals surface area contributed by atoms with Gasteiger partial charge in [0, 0.05) is 24.5 Å². The summed E-state index contributed by atoms with van der Waals surface area (Å²) in [7, 11) is 0. The first-order valence-corrected chi connectivity index (χ1v) is 8.63. The van der Waals surface area contributed by atoms with E-state index in [1.807, 2.05) is 20.8 Å². The number of alkyl halides is 3. The molecule has 2 unspecified atom stereocenters. The fraction of sp³-hybridized carbons (Fsp3) is 0.875. The normalized spacial score (nSPS) is 22.4. The van der Waals surface area contributed by atoms with Crippen LogP contribution < -0.4 is 16.0 Å². The van der Waals surface area contributed by atoms with Gasteiger partial charge in [0.2, 0.25) is 5.91 Å². The van der Waals surface area contributed by atoms with Gasteiger partial charge < -0.3 is 16.0 Å². The molecule has 0 spiro atoms. The van der Waals surface area contributed by atoms with Crippen LogP contribution in [0.15, 0.2) is 4.99 Å². The largest absolute Gasteiger partial charge is 0.390 e. The lowest BCUT2D eigenvalue weighted by Crippen LogP contribution is -2.47. The summed E-state index contributed by atoms with van der Waals surface area (Å²) < 4.78 is 36.7. The minimum atomic E-state index is -4.20. The highest BCUT2D eigenvalue weighted by Gasteiger charge is 2.28. The lowest BCUT2D eigenvalue weighted by Gasteiger charge is -2.30. The minimum absolute atomic E-state index is 0.0466. The molecular formula is C16H29F3N4O. The van der Waals surface area contributed by atoms with Crippen molar-refractivity contribution >= 4 is 11.9 Å². The molecule has 0 bridgehead atoms. The van der Waals surface area contributed by atoms with Gasteiger partial charge in [-0.05, 0) is 40.0 Å². The van der Waals surface area contributed by atoms with Gasteiger partial charge in [0.1, 0.15) is 0 Å². The number of hydrogen-bond donors (Lipinski definition) is 3. The Kier molecular flexibility index (Phi) is 8.35. The minimum Gasteiger partial charge on any atom is -0.357 e. The second kappa shape index (κ2) is 9.74. The average Bonchev–Trinajstić information content (AvgIpc) is 2.45. The van der Waals surface area contributed by atoms with Crippen LogP contribution in [0.4, 0.5) is 13.2 Å². The molecule has 1 aliphatic carbocycles. The van der Waals surface area contributed by atoms with Crippen molar-refractivity contribution in [1.82, 2.24) is 16.0 Å². The summed E-state index contributed by atoms with van der Waals surface area (Å²) in [5.74, 6) is 0.379. The molecule has 1 fully saturated rings. The molecule has 1 amide bonds. The molecule has 2 atom stereocenters. The van der Waals surface area contributed by atoms with Crippen LogP contribution in [0.25, 0.3) is 0 Å². The molecule has 0 aromatic rings. The number of nitrogens with zero attached hydrogens (tertiary/aromatic N) is 1. The maximum atomic E-state index is 12.2. The maximum Gasteiger partial charge on any atom is 0.390 e. The molecule has 8 heteroatoms. The van der Waals surface area contributed by atoms with E-state index in [2.05, 4.69) is 20.9 Å². The third kappa shape index (κ3) is 8.40. The van der Waals surface area contributed by atoms with Crippen molar-refractivity contribution in [2.75, 3.05) is 13.1 Å². The molecule has 24 heavy (non-hydrogen) atoms. The van der Waals surface area contributed by atoms with Crippen molar-refractivity contribution in [3.05, 3.63) is 0 Å². The number of rotatable bonds is 6. The number of carbonyl (C=O) groups excluding carboxylic acids is 1. The van der Waals surface area contributed by atoms with Crippen LogP contribution in [0.3, 0.4) is 0 Å². The van der Waals surface area contributed by atoms with Crippen LogP contribution in [0.1, 0.15) is 52.9 Å². The highest BCUT2D eigenvalue weighted by Crippen LogP contribution is 2.24. The molecule has 3 N–H and O–H groups in total. The van der Waals surface area contributed by atoms with Crippen LogP contribution in [0, 0.1) is 5.92 Å². The Morgan fingerprint density at radius 2 is 2.00 bits per heavy atom. The highest BCUT2D eigenvalue weighted by molar-refractivity contribution is 5.81. The van der Waals surface area contributed by atoms with Crippen LogP contribution in [-0.4, -0.2) is 43.2 Å². The zero-order valence-corrected chi connectivity index (χ0v) is 14.7. The van der Waals surface area contributed by atoms with Crippen LogP contribution >= 0.6 is 0 Å². The van der Waals surface area contributed by atoms with E-state index in [9.17, 15) is 18.0 Å². The fourth-order valence-electron chi connectivity index (χ4n) is 2.77. The number of guanidine groups is 1. The predicted molar refractivity (Wildman–Crippen MR) is 88.8 cm³/mol. The molecule has 0 aliphatic heterocycles. The SMILES string of the molecule is CCNC(=NCCC(F)(F)F)NC1CCCC(C(=O)NC(C)C)C1. The summed E-state index contributed by atoms with van der Waals surface area (Å²) in [6, 6.07) is 0.150. The first kappa shape index (κ1) is 20.6. The van der Waals surface area contributed by atoms with Crippen molar-refractivity contribution in [3.8, 4) is 0 Å². The van der Waals surface area contributed by atoms with Crippen molar-refractivity contribution in [2.24, 2.45) is 10.9 Å². The zero-order valence-electron chi connectivity index (χ0n) is 14.7. The monoisotopic (exact) mass is 350 g/mol. The first-order chi connectivity index (χ1) is 11.2. The van der Waals surface area contributed by atoms with Crippen molar-refractivity contribution in [3.63, 3.8) is 0 Å². The molecule has 0 aromatic heterocycles. The molecule has 1 rings (SSSR count). The van der Waals surface area contributed by atoms with Crippen LogP contribution in [0.5, 0.6) is 0 Å². The van der Waals surface area contributed by atoms with E-state index in [0.717, 1.165) is 19.3 Å². The molecule has 0 saturated heterocycles. The molecule has 5 nitrogen and oxygen atoms in total. The standard InChI is InChI=1S/C16H29F3N4O/c1-4-20-15(21-9-8-16(17,18)19)23-13-7-5-6-12(10-13)14(24)22-11(2)3/h11-13H,4-10H2,1-3H3,(H,22,24)(H2,20,21,23). The Morgan fingerprint density at radius 1 is 1.29 bits per heavy atom. The van der Waals surface area contributed by atoms with E-state index in [1.165, 1.54) is 0 Å². The van der Waals surface area contributed by atoms with Gasteiger partial charge >= 0.3 is 6.18 Å². The molecule has 1 aliphatic rings. The van der Waals surface area contributed by atoms with Gasteiger partial charge in [0.25, 0.3) is 0 Å². The van der Waals surface area contributed by atoms with Gasteiger partial charge in [-0.25, -0.2) is 0 Å². The smallest absolute Gasteiger partial charge is 0.357 e. The Bertz CT molecular complexity index is 424. The maximum absolute atomic E-state index is 12.2. The van der Waals surface area contributed by atoms with Crippen LogP contribution in [0.2, 0.25) is 0 Å². The quantitative estimate of drug-likeness (QED) is 0.510. The van der Waals surface area contributed by atoms with Gasteiger partial charge in [-0.1, -0.05) is 6.42 Å². The summed E-state index contributed by atoms with van der Waals surface area (Å²) in [5, 5.41) is 9.06. The first-order valence-electron chi connectivity index (χ1n) is 8.63. The van der Waals surface area contributed by atoms with E-state index >= 15 is 0 Å². The number of amides is 1. The number of hydrogen-bond acceptors (Lipinski definition) is 2. The molecule has 0 aromatic carbocycles. The van der Waals surface area contributed by atoms with Gasteiger partial charge in [0.15, 0.2) is 5.96 Å². The van der Waals surface area contributed by atoms with Crippen LogP contribution in [-0.2, 0) is 4.79 Å². The van der Waals surface area contributed by atoms with Crippen molar-refractivity contribution in [2.45, 2.75) is 71.1 Å². The molecule has 0 heterocycles. The number of nitrogens with one attached hydrogen (secondary N) is 3. The highest BCUT2D eigenvalue weighted by atomic mass is 19.4.